The normalized spacial score (nSPS) is 14.4. The zero-order chi connectivity index (χ0) is 15.5. The molecule has 1 aliphatic rings. The number of hydrogen-bond donors (Lipinski definition) is 2. The zero-order valence-electron chi connectivity index (χ0n) is 13.7. The average Bonchev–Trinajstić information content (AvgIpc) is 2.90. The van der Waals surface area contributed by atoms with Gasteiger partial charge in [0.25, 0.3) is 5.91 Å². The van der Waals surface area contributed by atoms with Crippen molar-refractivity contribution in [2.45, 2.75) is 32.7 Å². The number of nitrogens with one attached hydrogen (secondary N) is 2. The molecule has 0 radical (unpaired) electrons. The monoisotopic (exact) mass is 372 g/mol. The number of hydrogen-bond acceptors (Lipinski definition) is 5. The first kappa shape index (κ1) is 20.3. The highest BCUT2D eigenvalue weighted by Gasteiger charge is 2.22. The van der Waals surface area contributed by atoms with Crippen LogP contribution in [0.4, 0.5) is 5.69 Å². The van der Waals surface area contributed by atoms with Crippen molar-refractivity contribution in [1.82, 2.24) is 25.3 Å². The minimum absolute atomic E-state index is 0. The summed E-state index contributed by atoms with van der Waals surface area (Å²) in [6, 6.07) is 2.19. The Labute approximate surface area is 153 Å². The summed E-state index contributed by atoms with van der Waals surface area (Å²) in [5.74, 6) is -0.245. The smallest absolute Gasteiger partial charge is 0.278 e. The molecule has 1 amide bonds. The van der Waals surface area contributed by atoms with Gasteiger partial charge in [-0.3, -0.25) is 9.78 Å². The van der Waals surface area contributed by atoms with E-state index in [2.05, 4.69) is 25.9 Å². The maximum Gasteiger partial charge on any atom is 0.278 e. The standard InChI is InChI=1S/C15H20N6O.2ClH/c1-10-7-12(9-17-8-10)18-15(22)14-11(2)21(20-19-14)13-3-5-16-6-4-13;;/h7-9,13,16H,3-6H2,1-2H3,(H,18,22);2*1H. The third-order valence-electron chi connectivity index (χ3n) is 3.93. The Bertz CT molecular complexity index is 684. The highest BCUT2D eigenvalue weighted by molar-refractivity contribution is 6.03. The summed E-state index contributed by atoms with van der Waals surface area (Å²) in [5.41, 5.74) is 2.85. The van der Waals surface area contributed by atoms with Crippen molar-refractivity contribution >= 4 is 36.4 Å². The number of anilines is 1. The van der Waals surface area contributed by atoms with Crippen molar-refractivity contribution in [3.63, 3.8) is 0 Å². The number of pyridine rings is 1. The van der Waals surface area contributed by atoms with E-state index in [1.165, 1.54) is 0 Å². The van der Waals surface area contributed by atoms with Gasteiger partial charge < -0.3 is 10.6 Å². The molecule has 2 aromatic heterocycles. The number of carbonyl (C=O) groups is 1. The van der Waals surface area contributed by atoms with Crippen LogP contribution in [0, 0.1) is 13.8 Å². The second kappa shape index (κ2) is 8.96. The third-order valence-corrected chi connectivity index (χ3v) is 3.93. The zero-order valence-corrected chi connectivity index (χ0v) is 15.3. The van der Waals surface area contributed by atoms with E-state index in [4.69, 9.17) is 0 Å². The molecule has 0 aliphatic carbocycles. The van der Waals surface area contributed by atoms with E-state index in [1.807, 2.05) is 24.6 Å². The number of piperidine rings is 1. The molecule has 0 unspecified atom stereocenters. The van der Waals surface area contributed by atoms with Gasteiger partial charge in [0.15, 0.2) is 5.69 Å². The van der Waals surface area contributed by atoms with Crippen molar-refractivity contribution in [3.8, 4) is 0 Å². The molecule has 2 N–H and O–H groups in total. The predicted molar refractivity (Wildman–Crippen MR) is 97.3 cm³/mol. The van der Waals surface area contributed by atoms with Crippen LogP contribution in [-0.2, 0) is 0 Å². The Hall–Kier alpha value is -1.70. The lowest BCUT2D eigenvalue weighted by molar-refractivity contribution is 0.102. The molecule has 0 spiro atoms. The molecule has 1 fully saturated rings. The molecule has 7 nitrogen and oxygen atoms in total. The second-order valence-corrected chi connectivity index (χ2v) is 5.65. The first-order chi connectivity index (χ1) is 10.6. The SMILES string of the molecule is Cc1cncc(NC(=O)c2nnn(C3CCNCC3)c2C)c1.Cl.Cl. The van der Waals surface area contributed by atoms with E-state index in [0.29, 0.717) is 17.4 Å². The first-order valence-electron chi connectivity index (χ1n) is 7.50. The molecular formula is C15H22Cl2N6O. The molecule has 1 saturated heterocycles. The van der Waals surface area contributed by atoms with Gasteiger partial charge in [0.2, 0.25) is 0 Å². The molecular weight excluding hydrogens is 351 g/mol. The first-order valence-corrected chi connectivity index (χ1v) is 7.50. The fourth-order valence-electron chi connectivity index (χ4n) is 2.76. The van der Waals surface area contributed by atoms with E-state index in [-0.39, 0.29) is 30.7 Å². The number of carbonyl (C=O) groups excluding carboxylic acids is 1. The summed E-state index contributed by atoms with van der Waals surface area (Å²) >= 11 is 0. The van der Waals surface area contributed by atoms with Crippen LogP contribution in [0.3, 0.4) is 0 Å². The number of amides is 1. The number of halogens is 2. The lowest BCUT2D eigenvalue weighted by atomic mass is 10.1. The largest absolute Gasteiger partial charge is 0.319 e. The molecule has 0 saturated carbocycles. The van der Waals surface area contributed by atoms with Crippen LogP contribution in [0.25, 0.3) is 0 Å². The Balaban J connectivity index is 0.00000144. The van der Waals surface area contributed by atoms with Crippen molar-refractivity contribution < 1.29 is 4.79 Å². The van der Waals surface area contributed by atoms with E-state index in [9.17, 15) is 4.79 Å². The molecule has 9 heteroatoms. The van der Waals surface area contributed by atoms with Crippen LogP contribution < -0.4 is 10.6 Å². The van der Waals surface area contributed by atoms with Crippen molar-refractivity contribution in [1.29, 1.82) is 0 Å². The maximum absolute atomic E-state index is 12.4. The Morgan fingerprint density at radius 1 is 1.25 bits per heavy atom. The number of nitrogens with zero attached hydrogens (tertiary/aromatic N) is 4. The Morgan fingerprint density at radius 2 is 1.96 bits per heavy atom. The average molecular weight is 373 g/mol. The van der Waals surface area contributed by atoms with Crippen LogP contribution in [0.2, 0.25) is 0 Å². The molecule has 0 aromatic carbocycles. The number of aromatic nitrogens is 4. The molecule has 1 aliphatic heterocycles. The van der Waals surface area contributed by atoms with Gasteiger partial charge in [0.05, 0.1) is 23.6 Å². The summed E-state index contributed by atoms with van der Waals surface area (Å²) < 4.78 is 1.88. The topological polar surface area (TPSA) is 84.7 Å². The molecule has 24 heavy (non-hydrogen) atoms. The quantitative estimate of drug-likeness (QED) is 0.863. The predicted octanol–water partition coefficient (Wildman–Crippen LogP) is 2.31. The summed E-state index contributed by atoms with van der Waals surface area (Å²) in [6.45, 7) is 5.77. The third kappa shape index (κ3) is 4.43. The van der Waals surface area contributed by atoms with Gasteiger partial charge in [-0.2, -0.15) is 0 Å². The minimum atomic E-state index is -0.245. The molecule has 3 rings (SSSR count). The van der Waals surface area contributed by atoms with Gasteiger partial charge in [-0.05, 0) is 51.4 Å². The van der Waals surface area contributed by atoms with E-state index in [1.54, 1.807) is 12.4 Å². The molecule has 132 valence electrons. The number of rotatable bonds is 3. The van der Waals surface area contributed by atoms with Crippen LogP contribution in [0.15, 0.2) is 18.5 Å². The van der Waals surface area contributed by atoms with E-state index in [0.717, 1.165) is 37.2 Å². The summed E-state index contributed by atoms with van der Waals surface area (Å²) in [4.78, 5) is 16.4. The highest BCUT2D eigenvalue weighted by atomic mass is 35.5. The summed E-state index contributed by atoms with van der Waals surface area (Å²) in [7, 11) is 0. The van der Waals surface area contributed by atoms with Gasteiger partial charge in [0, 0.05) is 6.20 Å². The van der Waals surface area contributed by atoms with Gasteiger partial charge >= 0.3 is 0 Å². The lowest BCUT2D eigenvalue weighted by Crippen LogP contribution is -2.30. The molecule has 0 atom stereocenters. The van der Waals surface area contributed by atoms with Gasteiger partial charge in [-0.15, -0.1) is 29.9 Å². The maximum atomic E-state index is 12.4. The highest BCUT2D eigenvalue weighted by Crippen LogP contribution is 2.20. The Kier molecular flexibility index (Phi) is 7.59. The van der Waals surface area contributed by atoms with Crippen LogP contribution in [0.1, 0.15) is 40.6 Å². The van der Waals surface area contributed by atoms with Crippen LogP contribution >= 0.6 is 24.8 Å². The minimum Gasteiger partial charge on any atom is -0.319 e. The van der Waals surface area contributed by atoms with Crippen LogP contribution in [-0.4, -0.2) is 39.0 Å². The van der Waals surface area contributed by atoms with Crippen molar-refractivity contribution in [2.75, 3.05) is 18.4 Å². The second-order valence-electron chi connectivity index (χ2n) is 5.65. The summed E-state index contributed by atoms with van der Waals surface area (Å²) in [5, 5.41) is 14.4. The number of aryl methyl sites for hydroxylation is 1. The Morgan fingerprint density at radius 3 is 2.62 bits per heavy atom. The molecule has 0 bridgehead atoms. The van der Waals surface area contributed by atoms with E-state index < -0.39 is 0 Å². The summed E-state index contributed by atoms with van der Waals surface area (Å²) in [6.07, 6.45) is 5.38. The van der Waals surface area contributed by atoms with Gasteiger partial charge in [0.1, 0.15) is 0 Å². The van der Waals surface area contributed by atoms with Crippen LogP contribution in [0.5, 0.6) is 0 Å². The van der Waals surface area contributed by atoms with Gasteiger partial charge in [-0.25, -0.2) is 4.68 Å². The van der Waals surface area contributed by atoms with Crippen molar-refractivity contribution in [3.05, 3.63) is 35.4 Å². The van der Waals surface area contributed by atoms with Crippen molar-refractivity contribution in [2.24, 2.45) is 0 Å². The fraction of sp³-hybridized carbons (Fsp3) is 0.467. The fourth-order valence-corrected chi connectivity index (χ4v) is 2.76. The van der Waals surface area contributed by atoms with E-state index >= 15 is 0 Å². The molecule has 3 heterocycles. The van der Waals surface area contributed by atoms with Gasteiger partial charge in [-0.1, -0.05) is 5.21 Å². The molecule has 2 aromatic rings. The lowest BCUT2D eigenvalue weighted by Gasteiger charge is -2.23.